The van der Waals surface area contributed by atoms with E-state index in [-0.39, 0.29) is 5.56 Å². The van der Waals surface area contributed by atoms with Gasteiger partial charge in [-0.3, -0.25) is 20.4 Å². The van der Waals surface area contributed by atoms with Gasteiger partial charge >= 0.3 is 12.3 Å². The van der Waals surface area contributed by atoms with Crippen molar-refractivity contribution in [3.05, 3.63) is 29.8 Å². The molecule has 0 unspecified atom stereocenters. The maximum absolute atomic E-state index is 12.3. The van der Waals surface area contributed by atoms with Crippen molar-refractivity contribution in [2.24, 2.45) is 0 Å². The van der Waals surface area contributed by atoms with Gasteiger partial charge in [0.15, 0.2) is 0 Å². The van der Waals surface area contributed by atoms with Crippen molar-refractivity contribution < 1.29 is 27.5 Å². The quantitative estimate of drug-likeness (QED) is 0.491. The summed E-state index contributed by atoms with van der Waals surface area (Å²) in [5.41, 5.74) is 6.41. The lowest BCUT2D eigenvalue weighted by Gasteiger charge is -2.12. The molecule has 0 aliphatic rings. The molecule has 0 saturated heterocycles. The van der Waals surface area contributed by atoms with Crippen LogP contribution >= 0.6 is 0 Å². The highest BCUT2D eigenvalue weighted by Crippen LogP contribution is 2.25. The molecule has 0 aliphatic carbocycles. The van der Waals surface area contributed by atoms with E-state index < -0.39 is 32.0 Å². The summed E-state index contributed by atoms with van der Waals surface area (Å²) in [7, 11) is -1.76. The highest BCUT2D eigenvalue weighted by atomic mass is 28.3. The molecule has 124 valence electrons. The fourth-order valence-electron chi connectivity index (χ4n) is 1.32. The molecule has 0 aliphatic heterocycles. The minimum atomic E-state index is -4.93. The van der Waals surface area contributed by atoms with Crippen LogP contribution in [-0.4, -0.2) is 26.3 Å². The SMILES string of the molecule is C[Si](C)(C)C#CC(=O)NNC(=O)c1ccccc1OC(F)(F)F. The Bertz CT molecular complexity index is 658. The van der Waals surface area contributed by atoms with Crippen LogP contribution in [0.2, 0.25) is 19.6 Å². The Balaban J connectivity index is 2.76. The predicted octanol–water partition coefficient (Wildman–Crippen LogP) is 2.23. The first kappa shape index (κ1) is 18.6. The van der Waals surface area contributed by atoms with Crippen LogP contribution < -0.4 is 15.6 Å². The number of rotatable bonds is 2. The van der Waals surface area contributed by atoms with Gasteiger partial charge in [-0.1, -0.05) is 31.8 Å². The average molecular weight is 344 g/mol. The van der Waals surface area contributed by atoms with Crippen LogP contribution in [0.4, 0.5) is 13.2 Å². The normalized spacial score (nSPS) is 11.0. The topological polar surface area (TPSA) is 67.4 Å². The lowest BCUT2D eigenvalue weighted by atomic mass is 10.2. The molecule has 0 radical (unpaired) electrons. The molecule has 0 bridgehead atoms. The zero-order valence-electron chi connectivity index (χ0n) is 12.7. The zero-order valence-corrected chi connectivity index (χ0v) is 13.7. The Morgan fingerprint density at radius 1 is 1.13 bits per heavy atom. The maximum atomic E-state index is 12.3. The Labute approximate surface area is 132 Å². The summed E-state index contributed by atoms with van der Waals surface area (Å²) in [6.07, 6.45) is -4.93. The van der Waals surface area contributed by atoms with Gasteiger partial charge in [-0.15, -0.1) is 18.7 Å². The number of hydrazine groups is 1. The number of halogens is 3. The van der Waals surface area contributed by atoms with Gasteiger partial charge in [0.25, 0.3) is 5.91 Å². The van der Waals surface area contributed by atoms with Crippen LogP contribution in [0, 0.1) is 11.5 Å². The van der Waals surface area contributed by atoms with Crippen LogP contribution in [0.15, 0.2) is 24.3 Å². The molecule has 2 N–H and O–H groups in total. The fourth-order valence-corrected chi connectivity index (χ4v) is 1.81. The molecule has 0 aromatic heterocycles. The molecule has 1 aromatic rings. The van der Waals surface area contributed by atoms with E-state index >= 15 is 0 Å². The summed E-state index contributed by atoms with van der Waals surface area (Å²) in [5, 5.41) is 0. The Hall–Kier alpha value is -2.47. The van der Waals surface area contributed by atoms with Crippen molar-refractivity contribution >= 4 is 19.9 Å². The summed E-state index contributed by atoms with van der Waals surface area (Å²) < 4.78 is 40.6. The summed E-state index contributed by atoms with van der Waals surface area (Å²) in [6.45, 7) is 5.78. The van der Waals surface area contributed by atoms with E-state index in [1.165, 1.54) is 12.1 Å². The third-order valence-electron chi connectivity index (χ3n) is 2.20. The van der Waals surface area contributed by atoms with Crippen LogP contribution in [0.5, 0.6) is 5.75 Å². The molecule has 1 rings (SSSR count). The standard InChI is InChI=1S/C14H15F3N2O3Si/c1-23(2,3)9-8-12(20)18-19-13(21)10-6-4-5-7-11(10)22-14(15,16)17/h4-7H,1-3H3,(H,18,20)(H,19,21). The monoisotopic (exact) mass is 344 g/mol. The van der Waals surface area contributed by atoms with E-state index in [9.17, 15) is 22.8 Å². The summed E-state index contributed by atoms with van der Waals surface area (Å²) in [5.74, 6) is -0.0543. The first-order chi connectivity index (χ1) is 10.5. The molecule has 9 heteroatoms. The van der Waals surface area contributed by atoms with Gasteiger partial charge in [-0.25, -0.2) is 0 Å². The molecule has 2 amide bonds. The van der Waals surface area contributed by atoms with E-state index in [2.05, 4.69) is 16.2 Å². The first-order valence-electron chi connectivity index (χ1n) is 6.46. The van der Waals surface area contributed by atoms with E-state index in [1.54, 1.807) is 0 Å². The number of amides is 2. The molecule has 0 atom stereocenters. The largest absolute Gasteiger partial charge is 0.573 e. The number of carbonyl (C=O) groups excluding carboxylic acids is 2. The third kappa shape index (κ3) is 7.37. The molecule has 5 nitrogen and oxygen atoms in total. The minimum absolute atomic E-state index is 0.372. The first-order valence-corrected chi connectivity index (χ1v) is 9.96. The molecule has 0 saturated carbocycles. The van der Waals surface area contributed by atoms with Gasteiger partial charge in [-0.2, -0.15) is 0 Å². The molecular formula is C14H15F3N2O3Si. The van der Waals surface area contributed by atoms with Crippen LogP contribution in [0.1, 0.15) is 10.4 Å². The van der Waals surface area contributed by atoms with Gasteiger partial charge in [0.2, 0.25) is 0 Å². The number of para-hydroxylation sites is 1. The Morgan fingerprint density at radius 3 is 2.30 bits per heavy atom. The lowest BCUT2D eigenvalue weighted by molar-refractivity contribution is -0.274. The van der Waals surface area contributed by atoms with Crippen molar-refractivity contribution in [2.75, 3.05) is 0 Å². The van der Waals surface area contributed by atoms with Crippen LogP contribution in [0.3, 0.4) is 0 Å². The van der Waals surface area contributed by atoms with Gasteiger partial charge < -0.3 is 4.74 Å². The number of benzene rings is 1. The van der Waals surface area contributed by atoms with Crippen LogP contribution in [0.25, 0.3) is 0 Å². The minimum Gasteiger partial charge on any atom is -0.405 e. The number of alkyl halides is 3. The molecule has 0 fully saturated rings. The number of nitrogens with one attached hydrogen (secondary N) is 2. The predicted molar refractivity (Wildman–Crippen MR) is 79.9 cm³/mol. The van der Waals surface area contributed by atoms with Crippen molar-refractivity contribution in [3.63, 3.8) is 0 Å². The summed E-state index contributed by atoms with van der Waals surface area (Å²) in [4.78, 5) is 23.3. The smallest absolute Gasteiger partial charge is 0.405 e. The molecule has 1 aromatic carbocycles. The van der Waals surface area contributed by atoms with E-state index in [0.29, 0.717) is 0 Å². The second-order valence-corrected chi connectivity index (χ2v) is 10.2. The summed E-state index contributed by atoms with van der Waals surface area (Å²) in [6, 6.07) is 4.78. The van der Waals surface area contributed by atoms with Gasteiger partial charge in [0.05, 0.1) is 5.56 Å². The van der Waals surface area contributed by atoms with E-state index in [0.717, 1.165) is 12.1 Å². The van der Waals surface area contributed by atoms with Gasteiger partial charge in [0, 0.05) is 0 Å². The Kier molecular flexibility index (Phi) is 5.81. The highest BCUT2D eigenvalue weighted by molar-refractivity contribution is 6.84. The Morgan fingerprint density at radius 2 is 1.74 bits per heavy atom. The molecule has 0 spiro atoms. The molecular weight excluding hydrogens is 329 g/mol. The second-order valence-electron chi connectivity index (χ2n) is 5.45. The number of carbonyl (C=O) groups is 2. The number of hydrogen-bond donors (Lipinski definition) is 2. The van der Waals surface area contributed by atoms with E-state index in [1.807, 2.05) is 30.5 Å². The number of ether oxygens (including phenoxy) is 1. The third-order valence-corrected chi connectivity index (χ3v) is 3.07. The van der Waals surface area contributed by atoms with Crippen molar-refractivity contribution in [3.8, 4) is 17.2 Å². The van der Waals surface area contributed by atoms with Gasteiger partial charge in [-0.05, 0) is 18.1 Å². The van der Waals surface area contributed by atoms with Gasteiger partial charge in [0.1, 0.15) is 13.8 Å². The summed E-state index contributed by atoms with van der Waals surface area (Å²) >= 11 is 0. The van der Waals surface area contributed by atoms with Crippen molar-refractivity contribution in [1.29, 1.82) is 0 Å². The van der Waals surface area contributed by atoms with Crippen LogP contribution in [-0.2, 0) is 4.79 Å². The lowest BCUT2D eigenvalue weighted by Crippen LogP contribution is -2.41. The average Bonchev–Trinajstić information content (AvgIpc) is 2.40. The maximum Gasteiger partial charge on any atom is 0.573 e. The van der Waals surface area contributed by atoms with E-state index in [4.69, 9.17) is 0 Å². The molecule has 23 heavy (non-hydrogen) atoms. The zero-order chi connectivity index (χ0) is 17.7. The highest BCUT2D eigenvalue weighted by Gasteiger charge is 2.32. The molecule has 0 heterocycles. The van der Waals surface area contributed by atoms with Crippen molar-refractivity contribution in [2.45, 2.75) is 26.0 Å². The fraction of sp³-hybridized carbons (Fsp3) is 0.286. The van der Waals surface area contributed by atoms with Crippen molar-refractivity contribution in [1.82, 2.24) is 10.9 Å². The number of hydrogen-bond acceptors (Lipinski definition) is 3. The second kappa shape index (κ2) is 7.19.